The van der Waals surface area contributed by atoms with Crippen LogP contribution in [0.4, 0.5) is 0 Å². The molecular formula is C16H16N2O. The van der Waals surface area contributed by atoms with Crippen molar-refractivity contribution in [2.75, 3.05) is 0 Å². The van der Waals surface area contributed by atoms with Gasteiger partial charge in [0.15, 0.2) is 0 Å². The van der Waals surface area contributed by atoms with Crippen molar-refractivity contribution < 1.29 is 0 Å². The Hall–Kier alpha value is -2.34. The molecule has 19 heavy (non-hydrogen) atoms. The lowest BCUT2D eigenvalue weighted by Crippen LogP contribution is -2.23. The molecule has 0 amide bonds. The molecule has 1 aromatic carbocycles. The van der Waals surface area contributed by atoms with Crippen LogP contribution in [0.15, 0.2) is 41.2 Å². The molecule has 1 heterocycles. The summed E-state index contributed by atoms with van der Waals surface area (Å²) >= 11 is 0. The van der Waals surface area contributed by atoms with Crippen LogP contribution >= 0.6 is 0 Å². The number of nitriles is 1. The Labute approximate surface area is 112 Å². The van der Waals surface area contributed by atoms with Gasteiger partial charge in [-0.05, 0) is 31.0 Å². The molecule has 96 valence electrons. The molecule has 0 saturated carbocycles. The number of aryl methyl sites for hydroxylation is 1. The first-order valence-corrected chi connectivity index (χ1v) is 6.38. The Bertz CT molecular complexity index is 675. The second kappa shape index (κ2) is 5.53. The molecule has 2 rings (SSSR count). The second-order valence-electron chi connectivity index (χ2n) is 4.57. The fourth-order valence-corrected chi connectivity index (χ4v) is 2.09. The minimum atomic E-state index is -0.206. The smallest absolute Gasteiger partial charge is 0.268 e. The molecule has 0 bridgehead atoms. The summed E-state index contributed by atoms with van der Waals surface area (Å²) in [6.45, 7) is 4.67. The van der Waals surface area contributed by atoms with E-state index in [4.69, 9.17) is 5.26 Å². The minimum Gasteiger partial charge on any atom is -0.307 e. The molecule has 1 aromatic heterocycles. The van der Waals surface area contributed by atoms with Crippen LogP contribution in [0.3, 0.4) is 0 Å². The van der Waals surface area contributed by atoms with Crippen LogP contribution in [0.5, 0.6) is 0 Å². The Morgan fingerprint density at radius 2 is 1.84 bits per heavy atom. The summed E-state index contributed by atoms with van der Waals surface area (Å²) in [5.41, 5.74) is 3.04. The van der Waals surface area contributed by atoms with Crippen LogP contribution in [-0.2, 0) is 6.54 Å². The second-order valence-corrected chi connectivity index (χ2v) is 4.57. The molecule has 0 radical (unpaired) electrons. The molecule has 0 aliphatic heterocycles. The molecule has 0 unspecified atom stereocenters. The first kappa shape index (κ1) is 13.1. The van der Waals surface area contributed by atoms with Gasteiger partial charge in [-0.15, -0.1) is 0 Å². The summed E-state index contributed by atoms with van der Waals surface area (Å²) in [7, 11) is 0. The lowest BCUT2D eigenvalue weighted by atomic mass is 10.1. The van der Waals surface area contributed by atoms with Gasteiger partial charge >= 0.3 is 0 Å². The third-order valence-electron chi connectivity index (χ3n) is 3.09. The number of hydrogen-bond donors (Lipinski definition) is 0. The van der Waals surface area contributed by atoms with Gasteiger partial charge in [0.2, 0.25) is 0 Å². The number of benzene rings is 1. The Morgan fingerprint density at radius 3 is 2.42 bits per heavy atom. The summed E-state index contributed by atoms with van der Waals surface area (Å²) in [6.07, 6.45) is 0.855. The fourth-order valence-electron chi connectivity index (χ4n) is 2.09. The molecule has 3 heteroatoms. The van der Waals surface area contributed by atoms with Gasteiger partial charge in [-0.25, -0.2) is 0 Å². The lowest BCUT2D eigenvalue weighted by molar-refractivity contribution is 0.659. The number of pyridine rings is 1. The van der Waals surface area contributed by atoms with Gasteiger partial charge < -0.3 is 4.57 Å². The zero-order valence-corrected chi connectivity index (χ0v) is 11.2. The highest BCUT2D eigenvalue weighted by Gasteiger charge is 2.09. The highest BCUT2D eigenvalue weighted by Crippen LogP contribution is 2.19. The first-order valence-electron chi connectivity index (χ1n) is 6.38. The highest BCUT2D eigenvalue weighted by molar-refractivity contribution is 5.60. The zero-order chi connectivity index (χ0) is 13.8. The summed E-state index contributed by atoms with van der Waals surface area (Å²) in [5.74, 6) is 0. The molecular weight excluding hydrogens is 236 g/mol. The van der Waals surface area contributed by atoms with Crippen molar-refractivity contribution >= 4 is 0 Å². The molecule has 0 N–H and O–H groups in total. The van der Waals surface area contributed by atoms with E-state index in [0.29, 0.717) is 6.54 Å². The van der Waals surface area contributed by atoms with Gasteiger partial charge in [-0.1, -0.05) is 36.8 Å². The SMILES string of the molecule is CCCn1c(-c2ccc(C)cc2)ccc(C#N)c1=O. The molecule has 0 spiro atoms. The topological polar surface area (TPSA) is 45.8 Å². The average Bonchev–Trinajstić information content (AvgIpc) is 2.42. The van der Waals surface area contributed by atoms with Crippen LogP contribution in [0.1, 0.15) is 24.5 Å². The van der Waals surface area contributed by atoms with Crippen molar-refractivity contribution in [1.82, 2.24) is 4.57 Å². The maximum absolute atomic E-state index is 12.2. The van der Waals surface area contributed by atoms with Gasteiger partial charge in [0.05, 0.1) is 5.69 Å². The van der Waals surface area contributed by atoms with Crippen LogP contribution in [0.25, 0.3) is 11.3 Å². The molecule has 0 atom stereocenters. The van der Waals surface area contributed by atoms with Gasteiger partial charge in [0, 0.05) is 6.54 Å². The molecule has 3 nitrogen and oxygen atoms in total. The maximum Gasteiger partial charge on any atom is 0.268 e. The van der Waals surface area contributed by atoms with E-state index in [-0.39, 0.29) is 11.1 Å². The number of nitrogens with zero attached hydrogens (tertiary/aromatic N) is 2. The first-order chi connectivity index (χ1) is 9.17. The van der Waals surface area contributed by atoms with E-state index in [9.17, 15) is 4.79 Å². The minimum absolute atomic E-state index is 0.198. The molecule has 0 fully saturated rings. The Morgan fingerprint density at radius 1 is 1.16 bits per heavy atom. The molecule has 2 aromatic rings. The molecule has 0 aliphatic carbocycles. The largest absolute Gasteiger partial charge is 0.307 e. The summed E-state index contributed by atoms with van der Waals surface area (Å²) < 4.78 is 1.68. The third-order valence-corrected chi connectivity index (χ3v) is 3.09. The van der Waals surface area contributed by atoms with E-state index in [1.807, 2.05) is 50.2 Å². The number of rotatable bonds is 3. The van der Waals surface area contributed by atoms with Crippen molar-refractivity contribution in [1.29, 1.82) is 5.26 Å². The van der Waals surface area contributed by atoms with E-state index in [1.54, 1.807) is 10.6 Å². The summed E-state index contributed by atoms with van der Waals surface area (Å²) in [6, 6.07) is 13.4. The van der Waals surface area contributed by atoms with E-state index in [0.717, 1.165) is 17.7 Å². The predicted molar refractivity (Wildman–Crippen MR) is 75.9 cm³/mol. The summed E-state index contributed by atoms with van der Waals surface area (Å²) in [4.78, 5) is 12.2. The van der Waals surface area contributed by atoms with E-state index >= 15 is 0 Å². The van der Waals surface area contributed by atoms with Crippen molar-refractivity contribution in [3.63, 3.8) is 0 Å². The van der Waals surface area contributed by atoms with Crippen LogP contribution in [0, 0.1) is 18.3 Å². The maximum atomic E-state index is 12.2. The van der Waals surface area contributed by atoms with Crippen LogP contribution in [0.2, 0.25) is 0 Å². The van der Waals surface area contributed by atoms with Crippen molar-refractivity contribution in [3.8, 4) is 17.3 Å². The molecule has 0 saturated heterocycles. The predicted octanol–water partition coefficient (Wildman–Crippen LogP) is 3.11. The normalized spacial score (nSPS) is 10.2. The Kier molecular flexibility index (Phi) is 3.82. The van der Waals surface area contributed by atoms with Crippen LogP contribution < -0.4 is 5.56 Å². The molecule has 0 aliphatic rings. The van der Waals surface area contributed by atoms with E-state index in [1.165, 1.54) is 5.56 Å². The standard InChI is InChI=1S/C16H16N2O/c1-3-10-18-15(9-8-14(11-17)16(18)19)13-6-4-12(2)5-7-13/h4-9H,3,10H2,1-2H3. The fraction of sp³-hybridized carbons (Fsp3) is 0.250. The van der Waals surface area contributed by atoms with E-state index < -0.39 is 0 Å². The lowest BCUT2D eigenvalue weighted by Gasteiger charge is -2.12. The van der Waals surface area contributed by atoms with E-state index in [2.05, 4.69) is 0 Å². The van der Waals surface area contributed by atoms with Gasteiger partial charge in [0.1, 0.15) is 11.6 Å². The van der Waals surface area contributed by atoms with Gasteiger partial charge in [0.25, 0.3) is 5.56 Å². The zero-order valence-electron chi connectivity index (χ0n) is 11.2. The quantitative estimate of drug-likeness (QED) is 0.842. The van der Waals surface area contributed by atoms with Crippen LogP contribution in [-0.4, -0.2) is 4.57 Å². The monoisotopic (exact) mass is 252 g/mol. The van der Waals surface area contributed by atoms with Crippen molar-refractivity contribution in [2.45, 2.75) is 26.8 Å². The number of hydrogen-bond acceptors (Lipinski definition) is 2. The van der Waals surface area contributed by atoms with Crippen molar-refractivity contribution in [2.24, 2.45) is 0 Å². The number of aromatic nitrogens is 1. The summed E-state index contributed by atoms with van der Waals surface area (Å²) in [5, 5.41) is 8.95. The average molecular weight is 252 g/mol. The van der Waals surface area contributed by atoms with Gasteiger partial charge in [-0.3, -0.25) is 4.79 Å². The van der Waals surface area contributed by atoms with Crippen molar-refractivity contribution in [3.05, 3.63) is 57.9 Å². The highest BCUT2D eigenvalue weighted by atomic mass is 16.1. The third kappa shape index (κ3) is 2.58. The van der Waals surface area contributed by atoms with Gasteiger partial charge in [-0.2, -0.15) is 5.26 Å². The Balaban J connectivity index is 2.63.